The molecule has 0 unspecified atom stereocenters. The Morgan fingerprint density at radius 1 is 0.246 bits per heavy atom. The van der Waals surface area contributed by atoms with E-state index in [0.717, 1.165) is 0 Å². The molecule has 0 fully saturated rings. The molecule has 0 spiro atoms. The molecule has 0 saturated heterocycles. The largest absolute Gasteiger partial charge is 0.175 e. The predicted octanol–water partition coefficient (Wildman–Crippen LogP) is 22.0. The van der Waals surface area contributed by atoms with Crippen molar-refractivity contribution in [2.24, 2.45) is 13.5 Å². The highest BCUT2D eigenvalue weighted by atomic mass is 32.3. The van der Waals surface area contributed by atoms with E-state index in [-0.39, 0.29) is 0 Å². The summed E-state index contributed by atoms with van der Waals surface area (Å²) in [4.78, 5) is 0. The second-order valence-corrected chi connectivity index (χ2v) is 48.5. The lowest BCUT2D eigenvalue weighted by molar-refractivity contribution is 1.56. The first-order chi connectivity index (χ1) is 28.1. The van der Waals surface area contributed by atoms with E-state index >= 15 is 0 Å². The van der Waals surface area contributed by atoms with Gasteiger partial charge in [0.2, 0.25) is 0 Å². The van der Waals surface area contributed by atoms with Crippen LogP contribution in [0.1, 0.15) is 0 Å². The lowest BCUT2D eigenvalue weighted by Gasteiger charge is -2.08. The van der Waals surface area contributed by atoms with Crippen LogP contribution in [0.15, 0.2) is 89.6 Å². The fraction of sp³-hybridized carbons (Fsp3) is 0.222. The zero-order valence-corrected chi connectivity index (χ0v) is 49.5. The molecule has 0 aliphatic carbocycles. The van der Waals surface area contributed by atoms with Crippen LogP contribution in [0, 0.1) is 10.7 Å². The van der Waals surface area contributed by atoms with Crippen molar-refractivity contribution >= 4 is 302 Å². The molecule has 30 heteroatoms. The molecule has 0 saturated carbocycles. The van der Waals surface area contributed by atoms with Crippen LogP contribution in [-0.4, -0.2) is 34.5 Å². The van der Waals surface area contributed by atoms with Crippen molar-refractivity contribution in [3.8, 4) is 0 Å². The van der Waals surface area contributed by atoms with E-state index in [1.54, 1.807) is 0 Å². The zero-order valence-electron chi connectivity index (χ0n) is 27.2. The average Bonchev–Trinajstić information content (AvgIpc) is 4.06. The highest BCUT2D eigenvalue weighted by molar-refractivity contribution is 8.44. The summed E-state index contributed by atoms with van der Waals surface area (Å²) >= 11 is 48.1. The van der Waals surface area contributed by atoms with Crippen molar-refractivity contribution in [1.29, 1.82) is 0 Å². The van der Waals surface area contributed by atoms with Crippen molar-refractivity contribution in [1.82, 2.24) is 0 Å². The molecule has 0 N–H and O–H groups in total. The van der Waals surface area contributed by atoms with Gasteiger partial charge in [0, 0.05) is 34.5 Å². The molecule has 13 rings (SSSR count). The Kier molecular flexibility index (Phi) is 13.6. The van der Waals surface area contributed by atoms with Crippen LogP contribution in [0.3, 0.4) is 0 Å². The molecule has 0 amide bonds. The van der Waals surface area contributed by atoms with Crippen LogP contribution in [0.4, 0.5) is 0 Å². The standard InChI is InChI=1S/C27H12N3P3S24/c1-2-35-8-7(34-1)40-13(41-8)16-46-19-20(47-16)53-25(52-19)31-28-32(26-54-21-22(55-26)49-17(48-21)14-42-9-10(43-14)37-4-3-36-9)30-33(29-31)27-56-23-24(57-27)51-18(50-23)15-44-11-12(45-15)39-6-5-38-11/h1-6H2. The van der Waals surface area contributed by atoms with Gasteiger partial charge in [-0.15, -0.1) is 139 Å². The summed E-state index contributed by atoms with van der Waals surface area (Å²) in [5, 5.41) is 0. The van der Waals surface area contributed by atoms with Gasteiger partial charge in [0.15, 0.2) is 0 Å². The number of hydrogen-bond donors (Lipinski definition) is 0. The molecule has 294 valence electrons. The lowest BCUT2D eigenvalue weighted by atomic mass is 11.0. The summed E-state index contributed by atoms with van der Waals surface area (Å²) in [7, 11) is -2.96. The molecule has 10 aliphatic rings. The smallest absolute Gasteiger partial charge is 0.141 e. The molecule has 13 heterocycles. The summed E-state index contributed by atoms with van der Waals surface area (Å²) in [6, 6.07) is 0. The molecule has 0 bridgehead atoms. The van der Waals surface area contributed by atoms with Gasteiger partial charge in [0.25, 0.3) is 0 Å². The Bertz CT molecular complexity index is 2530. The van der Waals surface area contributed by atoms with Crippen LogP contribution in [0.2, 0.25) is 0 Å². The predicted molar refractivity (Wildman–Crippen MR) is 302 cm³/mol. The van der Waals surface area contributed by atoms with Crippen molar-refractivity contribution < 1.29 is 0 Å². The summed E-state index contributed by atoms with van der Waals surface area (Å²) in [6.07, 6.45) is 0. The van der Waals surface area contributed by atoms with Crippen LogP contribution in [-0.2, 0) is 0 Å². The minimum absolute atomic E-state index is 0.988. The van der Waals surface area contributed by atoms with E-state index in [1.165, 1.54) is 121 Å². The van der Waals surface area contributed by atoms with Gasteiger partial charge in [-0.25, -0.2) is 0 Å². The molecule has 10 aliphatic heterocycles. The van der Waals surface area contributed by atoms with Gasteiger partial charge in [0.1, 0.15) is 33.2 Å². The van der Waals surface area contributed by atoms with Gasteiger partial charge >= 0.3 is 0 Å². The van der Waals surface area contributed by atoms with Gasteiger partial charge in [-0.1, -0.05) is 141 Å². The van der Waals surface area contributed by atoms with Gasteiger partial charge in [0.05, 0.1) is 76.1 Å². The molecule has 0 atom stereocenters. The minimum atomic E-state index is -0.988. The topological polar surface area (TPSA) is 37.1 Å². The van der Waals surface area contributed by atoms with E-state index < -0.39 is 22.5 Å². The minimum Gasteiger partial charge on any atom is -0.175 e. The Morgan fingerprint density at radius 3 is 0.649 bits per heavy atom. The van der Waals surface area contributed by atoms with Crippen LogP contribution in [0.5, 0.6) is 0 Å². The molecule has 3 aromatic rings. The van der Waals surface area contributed by atoms with E-state index in [1.807, 2.05) is 280 Å². The number of thioether (sulfide) groups is 18. The van der Waals surface area contributed by atoms with Gasteiger partial charge in [-0.3, -0.25) is 0 Å². The first-order valence-electron chi connectivity index (χ1n) is 15.9. The number of nitrogens with zero attached hydrogens (tertiary/aromatic N) is 3. The number of hydrogen-bond acceptors (Lipinski definition) is 27. The molecule has 3 nitrogen and oxygen atoms in total. The summed E-state index contributed by atoms with van der Waals surface area (Å²) in [5.74, 6) is 7.39. The quantitative estimate of drug-likeness (QED) is 0.200. The Balaban J connectivity index is 0.874. The molecule has 0 radical (unpaired) electrons. The average molecular weight is 1240 g/mol. The maximum atomic E-state index is 5.61. The van der Waals surface area contributed by atoms with Crippen molar-refractivity contribution in [2.75, 3.05) is 34.5 Å². The van der Waals surface area contributed by atoms with Crippen molar-refractivity contribution in [2.45, 2.75) is 25.3 Å². The van der Waals surface area contributed by atoms with Crippen molar-refractivity contribution in [3.63, 3.8) is 0 Å². The fourth-order valence-corrected chi connectivity index (χ4v) is 55.1. The fourth-order valence-electron chi connectivity index (χ4n) is 5.14. The molecule has 3 aromatic heterocycles. The summed E-state index contributed by atoms with van der Waals surface area (Å²) in [6.45, 7) is 0. The third-order valence-corrected chi connectivity index (χ3v) is 51.6. The monoisotopic (exact) mass is 1240 g/mol. The van der Waals surface area contributed by atoms with E-state index in [2.05, 4.69) is 0 Å². The van der Waals surface area contributed by atoms with Crippen LogP contribution < -0.4 is 0 Å². The molecule has 0 aromatic carbocycles. The van der Waals surface area contributed by atoms with Gasteiger partial charge < -0.3 is 0 Å². The number of rotatable bonds is 0. The lowest BCUT2D eigenvalue weighted by Crippen LogP contribution is -1.88. The summed E-state index contributed by atoms with van der Waals surface area (Å²) < 4.78 is 47.7. The van der Waals surface area contributed by atoms with Gasteiger partial charge in [-0.05, 0) is 0 Å². The summed E-state index contributed by atoms with van der Waals surface area (Å²) in [5.41, 5.74) is 0. The first kappa shape index (κ1) is 42.3. The van der Waals surface area contributed by atoms with E-state index in [4.69, 9.17) is 13.5 Å². The SMILES string of the molecule is C1CSC2=C(S1)SC(=C1Sc3sc(=P4=NP(=c5sc6c(s5)SC(=C5SC7=C(SCCS7)S5)S6)=NP(=c5sc6c(s5)SC(=C5SC7=C(SCCS7)S5)S6)=N4)sc3S1)S2. The zero-order chi connectivity index (χ0) is 37.2. The van der Waals surface area contributed by atoms with Crippen molar-refractivity contribution in [3.05, 3.63) is 61.5 Å². The Labute approximate surface area is 429 Å². The normalized spacial score (nSPS) is 26.0. The maximum Gasteiger partial charge on any atom is 0.141 e. The van der Waals surface area contributed by atoms with Crippen LogP contribution >= 0.6 is 302 Å². The van der Waals surface area contributed by atoms with Crippen LogP contribution in [0.25, 0.3) is 0 Å². The molecular weight excluding hydrogens is 1230 g/mol. The second kappa shape index (κ2) is 18.3. The number of fused-ring (bicyclic) bond motifs is 3. The third-order valence-electron chi connectivity index (χ3n) is 7.45. The Hall–Kier alpha value is 5.19. The highest BCUT2D eigenvalue weighted by Crippen LogP contribution is 2.70. The maximum absolute atomic E-state index is 5.61. The Morgan fingerprint density at radius 2 is 0.439 bits per heavy atom. The van der Waals surface area contributed by atoms with Gasteiger partial charge in [-0.2, -0.15) is 13.5 Å². The third kappa shape index (κ3) is 8.57. The first-order valence-corrected chi connectivity index (χ1v) is 40.3. The van der Waals surface area contributed by atoms with E-state index in [0.29, 0.717) is 0 Å². The molecular formula is C27H12N3P3S24. The second-order valence-electron chi connectivity index (χ2n) is 11.0. The van der Waals surface area contributed by atoms with E-state index in [9.17, 15) is 0 Å². The highest BCUT2D eigenvalue weighted by Gasteiger charge is 2.35. The molecule has 57 heavy (non-hydrogen) atoms.